The second-order valence-electron chi connectivity index (χ2n) is 8.02. The molecular weight excluding hydrogens is 414 g/mol. The summed E-state index contributed by atoms with van der Waals surface area (Å²) in [6.45, 7) is 2.40. The Morgan fingerprint density at radius 2 is 1.70 bits per heavy atom. The highest BCUT2D eigenvalue weighted by Crippen LogP contribution is 2.47. The number of aromatic nitrogens is 4. The third kappa shape index (κ3) is 3.17. The van der Waals surface area contributed by atoms with Crippen molar-refractivity contribution in [2.45, 2.75) is 19.4 Å². The molecule has 0 saturated carbocycles. The molecule has 1 aliphatic heterocycles. The summed E-state index contributed by atoms with van der Waals surface area (Å²) in [5, 5.41) is 13.9. The zero-order valence-corrected chi connectivity index (χ0v) is 18.0. The quantitative estimate of drug-likeness (QED) is 0.432. The molecule has 0 fully saturated rings. The first-order valence-electron chi connectivity index (χ1n) is 10.7. The fourth-order valence-corrected chi connectivity index (χ4v) is 4.44. The molecule has 33 heavy (non-hydrogen) atoms. The molecule has 0 unspecified atom stereocenters. The summed E-state index contributed by atoms with van der Waals surface area (Å²) in [6.07, 6.45) is 3.27. The van der Waals surface area contributed by atoms with Crippen molar-refractivity contribution < 1.29 is 9.15 Å². The Balaban J connectivity index is 1.58. The van der Waals surface area contributed by atoms with E-state index in [2.05, 4.69) is 17.1 Å². The smallest absolute Gasteiger partial charge is 0.230 e. The van der Waals surface area contributed by atoms with Gasteiger partial charge in [0.2, 0.25) is 11.8 Å². The van der Waals surface area contributed by atoms with Gasteiger partial charge in [0.25, 0.3) is 0 Å². The van der Waals surface area contributed by atoms with Gasteiger partial charge in [-0.25, -0.2) is 9.67 Å². The first-order valence-corrected chi connectivity index (χ1v) is 10.7. The van der Waals surface area contributed by atoms with Gasteiger partial charge in [-0.15, -0.1) is 0 Å². The number of furan rings is 1. The van der Waals surface area contributed by atoms with Crippen LogP contribution in [0.3, 0.4) is 0 Å². The Kier molecular flexibility index (Phi) is 4.47. The van der Waals surface area contributed by atoms with Crippen LogP contribution in [0.4, 0.5) is 0 Å². The number of aryl methyl sites for hydroxylation is 1. The van der Waals surface area contributed by atoms with E-state index in [1.165, 1.54) is 0 Å². The molecule has 2 aromatic carbocycles. The lowest BCUT2D eigenvalue weighted by Crippen LogP contribution is -2.30. The molecule has 0 radical (unpaired) electrons. The zero-order valence-electron chi connectivity index (χ0n) is 18.0. The van der Waals surface area contributed by atoms with Crippen molar-refractivity contribution in [1.29, 1.82) is 5.41 Å². The number of nitrogens with zero attached hydrogens (tertiary/aromatic N) is 4. The van der Waals surface area contributed by atoms with Crippen LogP contribution in [0.2, 0.25) is 0 Å². The zero-order chi connectivity index (χ0) is 22.4. The molecule has 7 heteroatoms. The molecule has 0 spiro atoms. The van der Waals surface area contributed by atoms with E-state index < -0.39 is 0 Å². The second-order valence-corrected chi connectivity index (χ2v) is 8.02. The van der Waals surface area contributed by atoms with Crippen molar-refractivity contribution in [3.8, 4) is 17.4 Å². The van der Waals surface area contributed by atoms with Crippen molar-refractivity contribution in [3.05, 3.63) is 119 Å². The number of benzene rings is 2. The van der Waals surface area contributed by atoms with Gasteiger partial charge in [-0.2, -0.15) is 5.10 Å². The highest BCUT2D eigenvalue weighted by Gasteiger charge is 2.37. The van der Waals surface area contributed by atoms with E-state index in [1.54, 1.807) is 17.2 Å². The molecular formula is C26H21N5O2. The van der Waals surface area contributed by atoms with Gasteiger partial charge in [0.1, 0.15) is 17.6 Å². The van der Waals surface area contributed by atoms with Crippen LogP contribution in [-0.2, 0) is 6.54 Å². The van der Waals surface area contributed by atoms with Gasteiger partial charge >= 0.3 is 0 Å². The number of rotatable bonds is 4. The maximum absolute atomic E-state index is 9.06. The summed E-state index contributed by atoms with van der Waals surface area (Å²) in [6, 6.07) is 23.8. The number of hydrogen-bond acceptors (Lipinski definition) is 5. The number of ether oxygens (including phenoxy) is 1. The Morgan fingerprint density at radius 3 is 2.42 bits per heavy atom. The molecule has 4 heterocycles. The monoisotopic (exact) mass is 435 g/mol. The molecule has 0 saturated heterocycles. The normalized spacial score (nSPS) is 14.4. The van der Waals surface area contributed by atoms with Crippen LogP contribution in [0.25, 0.3) is 5.69 Å². The maximum Gasteiger partial charge on any atom is 0.230 e. The lowest BCUT2D eigenvalue weighted by molar-refractivity contribution is 0.393. The summed E-state index contributed by atoms with van der Waals surface area (Å²) < 4.78 is 15.4. The summed E-state index contributed by atoms with van der Waals surface area (Å²) in [5.41, 5.74) is 4.83. The van der Waals surface area contributed by atoms with Gasteiger partial charge in [0, 0.05) is 0 Å². The topological polar surface area (TPSA) is 81.9 Å². The van der Waals surface area contributed by atoms with Crippen LogP contribution in [0, 0.1) is 12.3 Å². The van der Waals surface area contributed by atoms with Crippen LogP contribution in [0.5, 0.6) is 11.8 Å². The van der Waals surface area contributed by atoms with E-state index in [0.29, 0.717) is 23.8 Å². The maximum atomic E-state index is 9.06. The van der Waals surface area contributed by atoms with Gasteiger partial charge in [0.05, 0.1) is 41.2 Å². The van der Waals surface area contributed by atoms with Crippen molar-refractivity contribution in [2.75, 3.05) is 0 Å². The first kappa shape index (κ1) is 19.3. The molecule has 0 bridgehead atoms. The van der Waals surface area contributed by atoms with Crippen molar-refractivity contribution >= 4 is 0 Å². The highest BCUT2D eigenvalue weighted by atomic mass is 16.5. The predicted octanol–water partition coefficient (Wildman–Crippen LogP) is 4.78. The molecule has 6 rings (SSSR count). The molecule has 1 N–H and O–H groups in total. The summed E-state index contributed by atoms with van der Waals surface area (Å²) in [7, 11) is 0. The summed E-state index contributed by atoms with van der Waals surface area (Å²) >= 11 is 0. The largest absolute Gasteiger partial charge is 0.467 e. The Morgan fingerprint density at radius 1 is 0.939 bits per heavy atom. The number of para-hydroxylation sites is 1. The van der Waals surface area contributed by atoms with Crippen molar-refractivity contribution in [2.24, 2.45) is 0 Å². The molecule has 1 atom stereocenters. The van der Waals surface area contributed by atoms with E-state index in [-0.39, 0.29) is 5.92 Å². The van der Waals surface area contributed by atoms with E-state index in [9.17, 15) is 0 Å². The fourth-order valence-electron chi connectivity index (χ4n) is 4.44. The minimum absolute atomic E-state index is 0.230. The minimum atomic E-state index is -0.230. The van der Waals surface area contributed by atoms with Crippen LogP contribution in [0.15, 0.2) is 89.8 Å². The molecule has 162 valence electrons. The van der Waals surface area contributed by atoms with Crippen LogP contribution in [-0.4, -0.2) is 19.3 Å². The fraction of sp³-hybridized carbons (Fsp3) is 0.115. The Labute approximate surface area is 190 Å². The highest BCUT2D eigenvalue weighted by molar-refractivity contribution is 5.57. The van der Waals surface area contributed by atoms with Gasteiger partial charge < -0.3 is 13.7 Å². The second kappa shape index (κ2) is 7.63. The van der Waals surface area contributed by atoms with Crippen LogP contribution in [0.1, 0.15) is 34.1 Å². The van der Waals surface area contributed by atoms with Gasteiger partial charge in [-0.05, 0) is 36.8 Å². The van der Waals surface area contributed by atoms with Crippen molar-refractivity contribution in [1.82, 2.24) is 19.3 Å². The van der Waals surface area contributed by atoms with Crippen LogP contribution >= 0.6 is 0 Å². The standard InChI is InChI=1S/C26H21N5O2/c1-17-21-22(18-9-4-2-5-10-18)23-24(27)30(15-20-13-8-14-32-20)16-28-25(23)33-26(21)31(29-17)19-11-6-3-7-12-19/h2-14,16,22,27H,15H2,1H3/t22-/m0/s1. The summed E-state index contributed by atoms with van der Waals surface area (Å²) in [4.78, 5) is 4.62. The Bertz CT molecular complexity index is 1490. The SMILES string of the molecule is Cc1nn(-c2ccccc2)c2c1[C@H](c1ccccc1)c1c(ncn(Cc3ccco3)c1=N)O2. The molecule has 7 nitrogen and oxygen atoms in total. The third-order valence-corrected chi connectivity index (χ3v) is 5.96. The first-order chi connectivity index (χ1) is 16.2. The van der Waals surface area contributed by atoms with E-state index >= 15 is 0 Å². The minimum Gasteiger partial charge on any atom is -0.467 e. The van der Waals surface area contributed by atoms with Gasteiger partial charge in [0.15, 0.2) is 0 Å². The molecule has 3 aromatic heterocycles. The number of hydrogen-bond donors (Lipinski definition) is 1. The molecule has 1 aliphatic rings. The lowest BCUT2D eigenvalue weighted by atomic mass is 9.84. The predicted molar refractivity (Wildman–Crippen MR) is 122 cm³/mol. The number of nitrogens with one attached hydrogen (secondary N) is 1. The average Bonchev–Trinajstić information content (AvgIpc) is 3.49. The van der Waals surface area contributed by atoms with Crippen LogP contribution < -0.4 is 10.2 Å². The average molecular weight is 435 g/mol. The van der Waals surface area contributed by atoms with E-state index in [4.69, 9.17) is 19.7 Å². The summed E-state index contributed by atoms with van der Waals surface area (Å²) in [5.74, 6) is 1.59. The van der Waals surface area contributed by atoms with Crippen molar-refractivity contribution in [3.63, 3.8) is 0 Å². The third-order valence-electron chi connectivity index (χ3n) is 5.96. The van der Waals surface area contributed by atoms with E-state index in [0.717, 1.165) is 33.8 Å². The molecule has 0 aliphatic carbocycles. The Hall–Kier alpha value is -4.39. The lowest BCUT2D eigenvalue weighted by Gasteiger charge is -2.27. The van der Waals surface area contributed by atoms with Gasteiger partial charge in [-0.1, -0.05) is 48.5 Å². The molecule has 5 aromatic rings. The van der Waals surface area contributed by atoms with E-state index in [1.807, 2.05) is 72.3 Å². The van der Waals surface area contributed by atoms with Gasteiger partial charge in [-0.3, -0.25) is 5.41 Å². The molecule has 0 amide bonds. The number of fused-ring (bicyclic) bond motifs is 2.